The molecule has 1 aliphatic carbocycles. The van der Waals surface area contributed by atoms with Gasteiger partial charge in [-0.05, 0) is 51.5 Å². The van der Waals surface area contributed by atoms with Crippen LogP contribution >= 0.6 is 0 Å². The van der Waals surface area contributed by atoms with Crippen LogP contribution in [0.2, 0.25) is 0 Å². The third-order valence-electron chi connectivity index (χ3n) is 5.35. The van der Waals surface area contributed by atoms with E-state index in [-0.39, 0.29) is 0 Å². The Morgan fingerprint density at radius 3 is 2.90 bits per heavy atom. The predicted molar refractivity (Wildman–Crippen MR) is 83.9 cm³/mol. The van der Waals surface area contributed by atoms with Gasteiger partial charge in [0.1, 0.15) is 5.75 Å². The van der Waals surface area contributed by atoms with Crippen molar-refractivity contribution in [3.63, 3.8) is 0 Å². The molecule has 0 radical (unpaired) electrons. The van der Waals surface area contributed by atoms with Gasteiger partial charge in [0.05, 0.1) is 24.2 Å². The Balaban J connectivity index is 1.45. The molecule has 0 bridgehead atoms. The van der Waals surface area contributed by atoms with E-state index in [1.807, 2.05) is 12.4 Å². The van der Waals surface area contributed by atoms with E-state index >= 15 is 0 Å². The molecule has 1 N–H and O–H groups in total. The Labute approximate surface area is 126 Å². The number of hydrogen-bond acceptors (Lipinski definition) is 4. The van der Waals surface area contributed by atoms with E-state index in [1.54, 1.807) is 0 Å². The number of hydrogen-bond donors (Lipinski definition) is 1. The van der Waals surface area contributed by atoms with Gasteiger partial charge in [-0.1, -0.05) is 0 Å². The molecule has 1 saturated carbocycles. The number of rotatable bonds is 3. The first kappa shape index (κ1) is 13.4. The molecule has 2 aliphatic heterocycles. The Hall–Kier alpha value is -1.29. The fourth-order valence-electron chi connectivity index (χ4n) is 4.15. The van der Waals surface area contributed by atoms with Crippen LogP contribution in [0.25, 0.3) is 0 Å². The molecule has 3 heterocycles. The fraction of sp³-hybridized carbons (Fsp3) is 0.706. The zero-order valence-corrected chi connectivity index (χ0v) is 12.7. The van der Waals surface area contributed by atoms with E-state index in [2.05, 4.69) is 21.3 Å². The van der Waals surface area contributed by atoms with Crippen LogP contribution in [0.5, 0.6) is 5.75 Å². The van der Waals surface area contributed by atoms with Crippen LogP contribution in [0.1, 0.15) is 44.9 Å². The summed E-state index contributed by atoms with van der Waals surface area (Å²) in [6.45, 7) is 3.42. The third kappa shape index (κ3) is 2.73. The van der Waals surface area contributed by atoms with Crippen molar-refractivity contribution in [2.45, 2.75) is 56.6 Å². The average Bonchev–Trinajstić information content (AvgIpc) is 3.24. The highest BCUT2D eigenvalue weighted by molar-refractivity contribution is 5.50. The van der Waals surface area contributed by atoms with Gasteiger partial charge >= 0.3 is 0 Å². The Morgan fingerprint density at radius 1 is 1.19 bits per heavy atom. The van der Waals surface area contributed by atoms with Crippen molar-refractivity contribution >= 4 is 5.69 Å². The van der Waals surface area contributed by atoms with Gasteiger partial charge in [-0.25, -0.2) is 0 Å². The molecule has 21 heavy (non-hydrogen) atoms. The topological polar surface area (TPSA) is 37.4 Å². The minimum absolute atomic E-state index is 0.363. The van der Waals surface area contributed by atoms with Crippen molar-refractivity contribution in [3.8, 4) is 5.75 Å². The lowest BCUT2D eigenvalue weighted by Crippen LogP contribution is -2.42. The van der Waals surface area contributed by atoms with Gasteiger partial charge in [0.15, 0.2) is 0 Å². The van der Waals surface area contributed by atoms with Crippen LogP contribution in [0.4, 0.5) is 5.69 Å². The first-order chi connectivity index (χ1) is 10.3. The second-order valence-corrected chi connectivity index (χ2v) is 6.89. The van der Waals surface area contributed by atoms with Crippen LogP contribution in [0.15, 0.2) is 18.5 Å². The summed E-state index contributed by atoms with van der Waals surface area (Å²) < 4.78 is 6.09. The normalized spacial score (nSPS) is 29.6. The maximum atomic E-state index is 6.09. The summed E-state index contributed by atoms with van der Waals surface area (Å²) in [4.78, 5) is 6.86. The minimum Gasteiger partial charge on any atom is -0.489 e. The van der Waals surface area contributed by atoms with E-state index < -0.39 is 0 Å². The van der Waals surface area contributed by atoms with E-state index in [9.17, 15) is 0 Å². The molecule has 1 spiro atoms. The highest BCUT2D eigenvalue weighted by Gasteiger charge is 2.40. The monoisotopic (exact) mass is 287 g/mol. The highest BCUT2D eigenvalue weighted by atomic mass is 16.5. The molecular weight excluding hydrogens is 262 g/mol. The number of ether oxygens (including phenoxy) is 1. The fourth-order valence-corrected chi connectivity index (χ4v) is 4.15. The summed E-state index contributed by atoms with van der Waals surface area (Å²) in [6.07, 6.45) is 13.1. The van der Waals surface area contributed by atoms with E-state index in [0.717, 1.165) is 18.8 Å². The lowest BCUT2D eigenvalue weighted by atomic mass is 9.97. The maximum absolute atomic E-state index is 6.09. The molecule has 1 unspecified atom stereocenters. The molecule has 3 fully saturated rings. The average molecular weight is 287 g/mol. The van der Waals surface area contributed by atoms with E-state index in [1.165, 1.54) is 57.2 Å². The third-order valence-corrected chi connectivity index (χ3v) is 5.35. The molecule has 2 saturated heterocycles. The standard InChI is InChI=1S/C17H25N3O/c1-2-5-15(4-1)21-16-10-14(11-18-12-16)20-9-7-17(13-20)6-3-8-19-17/h10-12,15,19H,1-9,13H2. The lowest BCUT2D eigenvalue weighted by Gasteiger charge is -2.25. The van der Waals surface area contributed by atoms with Crippen molar-refractivity contribution in [1.29, 1.82) is 0 Å². The smallest absolute Gasteiger partial charge is 0.140 e. The van der Waals surface area contributed by atoms with Gasteiger partial charge in [0.2, 0.25) is 0 Å². The number of nitrogens with zero attached hydrogens (tertiary/aromatic N) is 2. The molecule has 3 aliphatic rings. The van der Waals surface area contributed by atoms with E-state index in [0.29, 0.717) is 11.6 Å². The zero-order valence-electron chi connectivity index (χ0n) is 12.7. The van der Waals surface area contributed by atoms with E-state index in [4.69, 9.17) is 4.74 Å². The largest absolute Gasteiger partial charge is 0.489 e. The molecule has 4 nitrogen and oxygen atoms in total. The SMILES string of the molecule is c1ncc(N2CCC3(CCCN3)C2)cc1OC1CCCC1. The summed E-state index contributed by atoms with van der Waals surface area (Å²) in [7, 11) is 0. The maximum Gasteiger partial charge on any atom is 0.140 e. The molecule has 0 amide bonds. The van der Waals surface area contributed by atoms with Crippen molar-refractivity contribution in [3.05, 3.63) is 18.5 Å². The first-order valence-corrected chi connectivity index (χ1v) is 8.45. The first-order valence-electron chi connectivity index (χ1n) is 8.45. The molecule has 1 aromatic heterocycles. The van der Waals surface area contributed by atoms with Crippen LogP contribution in [0.3, 0.4) is 0 Å². The highest BCUT2D eigenvalue weighted by Crippen LogP contribution is 2.34. The second kappa shape index (κ2) is 5.48. The molecular formula is C17H25N3O. The van der Waals surface area contributed by atoms with Crippen LogP contribution in [-0.2, 0) is 0 Å². The molecule has 114 valence electrons. The van der Waals surface area contributed by atoms with Crippen LogP contribution in [-0.4, -0.2) is 36.3 Å². The lowest BCUT2D eigenvalue weighted by molar-refractivity contribution is 0.209. The molecule has 4 rings (SSSR count). The molecule has 1 atom stereocenters. The van der Waals surface area contributed by atoms with Crippen LogP contribution in [0, 0.1) is 0 Å². The van der Waals surface area contributed by atoms with Crippen LogP contribution < -0.4 is 15.0 Å². The second-order valence-electron chi connectivity index (χ2n) is 6.89. The van der Waals surface area contributed by atoms with Gasteiger partial charge in [-0.15, -0.1) is 0 Å². The summed E-state index contributed by atoms with van der Waals surface area (Å²) >= 11 is 0. The van der Waals surface area contributed by atoms with Crippen molar-refractivity contribution in [2.24, 2.45) is 0 Å². The number of pyridine rings is 1. The van der Waals surface area contributed by atoms with Gasteiger partial charge in [0, 0.05) is 24.7 Å². The summed E-state index contributed by atoms with van der Waals surface area (Å²) in [5.74, 6) is 0.944. The zero-order chi connectivity index (χ0) is 14.1. The van der Waals surface area contributed by atoms with Gasteiger partial charge in [0.25, 0.3) is 0 Å². The summed E-state index contributed by atoms with van der Waals surface area (Å²) in [5.41, 5.74) is 1.58. The molecule has 1 aromatic rings. The number of aromatic nitrogens is 1. The van der Waals surface area contributed by atoms with Gasteiger partial charge < -0.3 is 15.0 Å². The van der Waals surface area contributed by atoms with Gasteiger partial charge in [-0.2, -0.15) is 0 Å². The van der Waals surface area contributed by atoms with Crippen molar-refractivity contribution in [2.75, 3.05) is 24.5 Å². The molecule has 4 heteroatoms. The Kier molecular flexibility index (Phi) is 3.49. The number of nitrogens with one attached hydrogen (secondary N) is 1. The quantitative estimate of drug-likeness (QED) is 0.927. The summed E-state index contributed by atoms with van der Waals surface area (Å²) in [5, 5.41) is 3.71. The molecule has 0 aromatic carbocycles. The Bertz CT molecular complexity index is 493. The van der Waals surface area contributed by atoms with Crippen molar-refractivity contribution < 1.29 is 4.74 Å². The van der Waals surface area contributed by atoms with Crippen molar-refractivity contribution in [1.82, 2.24) is 10.3 Å². The summed E-state index contributed by atoms with van der Waals surface area (Å²) in [6, 6.07) is 2.18. The predicted octanol–water partition coefficient (Wildman–Crippen LogP) is 2.74. The minimum atomic E-state index is 0.363. The Morgan fingerprint density at radius 2 is 2.10 bits per heavy atom. The van der Waals surface area contributed by atoms with Gasteiger partial charge in [-0.3, -0.25) is 4.98 Å². The number of anilines is 1.